The summed E-state index contributed by atoms with van der Waals surface area (Å²) in [6.45, 7) is 4.48. The maximum absolute atomic E-state index is 14.8. The zero-order valence-corrected chi connectivity index (χ0v) is 19.9. The summed E-state index contributed by atoms with van der Waals surface area (Å²) in [5.41, 5.74) is 10.2. The lowest BCUT2D eigenvalue weighted by molar-refractivity contribution is 0.316. The summed E-state index contributed by atoms with van der Waals surface area (Å²) in [4.78, 5) is 0. The Kier molecular flexibility index (Phi) is 7.07. The minimum atomic E-state index is -0.456. The van der Waals surface area contributed by atoms with Crippen LogP contribution in [-0.4, -0.2) is 28.6 Å². The number of aromatic nitrogens is 2. The number of nitrogens with two attached hydrogens (primary N) is 1. The van der Waals surface area contributed by atoms with Gasteiger partial charge in [-0.1, -0.05) is 11.6 Å². The lowest BCUT2D eigenvalue weighted by Gasteiger charge is -2.25. The molecule has 1 aliphatic rings. The van der Waals surface area contributed by atoms with Crippen LogP contribution in [0.3, 0.4) is 0 Å². The Labute approximate surface area is 203 Å². The molecule has 1 aromatic heterocycles. The molecule has 7 nitrogen and oxygen atoms in total. The quantitative estimate of drug-likeness (QED) is 0.228. The van der Waals surface area contributed by atoms with Crippen molar-refractivity contribution in [3.63, 3.8) is 0 Å². The molecular weight excluding hydrogens is 455 g/mol. The second-order valence-electron chi connectivity index (χ2n) is 8.48. The third-order valence-electron chi connectivity index (χ3n) is 5.61. The van der Waals surface area contributed by atoms with Gasteiger partial charge in [-0.2, -0.15) is 5.10 Å². The number of nitrogens with one attached hydrogen (secondary N) is 3. The van der Waals surface area contributed by atoms with Crippen LogP contribution in [0, 0.1) is 11.2 Å². The van der Waals surface area contributed by atoms with E-state index in [-0.39, 0.29) is 5.75 Å². The average molecular weight is 483 g/mol. The van der Waals surface area contributed by atoms with Gasteiger partial charge in [-0.3, -0.25) is 0 Å². The van der Waals surface area contributed by atoms with Gasteiger partial charge in [0, 0.05) is 47.5 Å². The van der Waals surface area contributed by atoms with E-state index in [2.05, 4.69) is 29.6 Å². The molecule has 3 aromatic rings. The van der Waals surface area contributed by atoms with E-state index in [1.165, 1.54) is 18.1 Å². The third kappa shape index (κ3) is 5.17. The first-order valence-corrected chi connectivity index (χ1v) is 11.5. The van der Waals surface area contributed by atoms with Crippen molar-refractivity contribution in [2.75, 3.05) is 17.7 Å². The molecule has 0 amide bonds. The van der Waals surface area contributed by atoms with Gasteiger partial charge in [0.25, 0.3) is 0 Å². The molecule has 0 bridgehead atoms. The van der Waals surface area contributed by atoms with Gasteiger partial charge in [0.1, 0.15) is 6.61 Å². The summed E-state index contributed by atoms with van der Waals surface area (Å²) in [5, 5.41) is 18.8. The highest BCUT2D eigenvalue weighted by molar-refractivity contribution is 6.36. The van der Waals surface area contributed by atoms with Crippen LogP contribution in [0.4, 0.5) is 21.6 Å². The monoisotopic (exact) mass is 482 g/mol. The van der Waals surface area contributed by atoms with E-state index in [1.807, 2.05) is 0 Å². The number of nitrogen functional groups attached to an aromatic ring is 1. The Hall–Kier alpha value is -3.52. The molecule has 2 aromatic carbocycles. The SMILES string of the molecule is CC(C)NC(COc1ccc(-n2ccc(Nc3ccc(N)c(C=N)c3Cl)n2)cc1F)=C1CCC1. The van der Waals surface area contributed by atoms with Crippen molar-refractivity contribution in [2.45, 2.75) is 39.2 Å². The van der Waals surface area contributed by atoms with E-state index >= 15 is 0 Å². The summed E-state index contributed by atoms with van der Waals surface area (Å²) in [6.07, 6.45) is 6.15. The molecule has 0 radical (unpaired) electrons. The molecule has 0 atom stereocenters. The molecular formula is C25H28ClFN6O. The highest BCUT2D eigenvalue weighted by Crippen LogP contribution is 2.32. The van der Waals surface area contributed by atoms with Crippen LogP contribution >= 0.6 is 11.6 Å². The predicted octanol–water partition coefficient (Wildman–Crippen LogP) is 5.80. The largest absolute Gasteiger partial charge is 0.484 e. The summed E-state index contributed by atoms with van der Waals surface area (Å²) >= 11 is 6.34. The second kappa shape index (κ2) is 10.2. The van der Waals surface area contributed by atoms with E-state index in [0.29, 0.717) is 46.1 Å². The number of hydrogen-bond donors (Lipinski definition) is 4. The van der Waals surface area contributed by atoms with Gasteiger partial charge in [-0.25, -0.2) is 9.07 Å². The highest BCUT2D eigenvalue weighted by Gasteiger charge is 2.17. The van der Waals surface area contributed by atoms with Gasteiger partial charge in [0.05, 0.1) is 16.4 Å². The van der Waals surface area contributed by atoms with Gasteiger partial charge in [-0.15, -0.1) is 0 Å². The van der Waals surface area contributed by atoms with E-state index in [9.17, 15) is 4.39 Å². The van der Waals surface area contributed by atoms with E-state index < -0.39 is 5.82 Å². The number of anilines is 3. The summed E-state index contributed by atoms with van der Waals surface area (Å²) < 4.78 is 22.2. The highest BCUT2D eigenvalue weighted by atomic mass is 35.5. The first-order chi connectivity index (χ1) is 16.4. The van der Waals surface area contributed by atoms with Gasteiger partial charge in [0.2, 0.25) is 0 Å². The Bertz CT molecular complexity index is 1230. The van der Waals surface area contributed by atoms with Gasteiger partial charge >= 0.3 is 0 Å². The van der Waals surface area contributed by atoms with Crippen LogP contribution in [0.25, 0.3) is 5.69 Å². The van der Waals surface area contributed by atoms with Crippen molar-refractivity contribution < 1.29 is 9.13 Å². The fourth-order valence-corrected chi connectivity index (χ4v) is 3.95. The Morgan fingerprint density at radius 2 is 2.09 bits per heavy atom. The standard InChI is InChI=1S/C25H28ClFN6O/c1-15(2)30-22(16-4-3-5-16)14-34-23-9-6-17(12-19(23)27)33-11-10-24(32-33)31-21-8-7-20(29)18(13-28)25(21)26/h6-13,15,28,30H,3-5,14,29H2,1-2H3,(H,31,32). The summed E-state index contributed by atoms with van der Waals surface area (Å²) in [6, 6.07) is 10.2. The van der Waals surface area contributed by atoms with Crippen molar-refractivity contribution in [1.82, 2.24) is 15.1 Å². The average Bonchev–Trinajstić information content (AvgIpc) is 3.22. The zero-order valence-electron chi connectivity index (χ0n) is 19.2. The van der Waals surface area contributed by atoms with Crippen LogP contribution in [0.2, 0.25) is 5.02 Å². The van der Waals surface area contributed by atoms with E-state index in [1.54, 1.807) is 41.2 Å². The number of ether oxygens (including phenoxy) is 1. The Morgan fingerprint density at radius 1 is 1.29 bits per heavy atom. The molecule has 4 rings (SSSR count). The molecule has 1 aliphatic carbocycles. The molecule has 0 unspecified atom stereocenters. The smallest absolute Gasteiger partial charge is 0.167 e. The van der Waals surface area contributed by atoms with Crippen molar-refractivity contribution >= 4 is 35.0 Å². The molecule has 5 N–H and O–H groups in total. The van der Waals surface area contributed by atoms with Crippen LogP contribution in [-0.2, 0) is 0 Å². The van der Waals surface area contributed by atoms with E-state index in [0.717, 1.165) is 24.8 Å². The number of halogens is 2. The maximum Gasteiger partial charge on any atom is 0.167 e. The normalized spacial score (nSPS) is 12.9. The zero-order chi connectivity index (χ0) is 24.2. The lowest BCUT2D eigenvalue weighted by atomic mass is 9.90. The van der Waals surface area contributed by atoms with Gasteiger partial charge in [0.15, 0.2) is 17.4 Å². The van der Waals surface area contributed by atoms with Crippen LogP contribution < -0.4 is 21.1 Å². The molecule has 1 heterocycles. The minimum absolute atomic E-state index is 0.199. The first kappa shape index (κ1) is 23.6. The predicted molar refractivity (Wildman–Crippen MR) is 135 cm³/mol. The second-order valence-corrected chi connectivity index (χ2v) is 8.86. The summed E-state index contributed by atoms with van der Waals surface area (Å²) in [7, 11) is 0. The van der Waals surface area contributed by atoms with Crippen LogP contribution in [0.5, 0.6) is 5.75 Å². The Balaban J connectivity index is 1.46. The molecule has 1 saturated carbocycles. The maximum atomic E-state index is 14.8. The van der Waals surface area contributed by atoms with Gasteiger partial charge in [-0.05, 0) is 62.9 Å². The number of hydrogen-bond acceptors (Lipinski definition) is 6. The molecule has 9 heteroatoms. The third-order valence-corrected chi connectivity index (χ3v) is 6.02. The van der Waals surface area contributed by atoms with Crippen molar-refractivity contribution in [2.24, 2.45) is 0 Å². The minimum Gasteiger partial charge on any atom is -0.484 e. The molecule has 34 heavy (non-hydrogen) atoms. The van der Waals surface area contributed by atoms with E-state index in [4.69, 9.17) is 27.5 Å². The molecule has 0 aliphatic heterocycles. The summed E-state index contributed by atoms with van der Waals surface area (Å²) in [5.74, 6) is 0.257. The van der Waals surface area contributed by atoms with Crippen molar-refractivity contribution in [3.05, 3.63) is 70.3 Å². The van der Waals surface area contributed by atoms with Crippen molar-refractivity contribution in [3.8, 4) is 11.4 Å². The van der Waals surface area contributed by atoms with Gasteiger partial charge < -0.3 is 26.5 Å². The lowest BCUT2D eigenvalue weighted by Crippen LogP contribution is -2.28. The number of allylic oxidation sites excluding steroid dienone is 1. The molecule has 0 spiro atoms. The van der Waals surface area contributed by atoms with Crippen LogP contribution in [0.15, 0.2) is 53.9 Å². The number of benzene rings is 2. The fourth-order valence-electron chi connectivity index (χ4n) is 3.67. The topological polar surface area (TPSA) is 101 Å². The Morgan fingerprint density at radius 3 is 2.74 bits per heavy atom. The fraction of sp³-hybridized carbons (Fsp3) is 0.280. The molecule has 1 fully saturated rings. The first-order valence-electron chi connectivity index (χ1n) is 11.2. The molecule has 178 valence electrons. The van der Waals surface area contributed by atoms with Crippen LogP contribution in [0.1, 0.15) is 38.7 Å². The number of rotatable bonds is 9. The van der Waals surface area contributed by atoms with Crippen molar-refractivity contribution in [1.29, 1.82) is 5.41 Å². The number of nitrogens with zero attached hydrogens (tertiary/aromatic N) is 2. The molecule has 0 saturated heterocycles.